The number of benzene rings is 1. The second-order valence-electron chi connectivity index (χ2n) is 4.47. The Morgan fingerprint density at radius 1 is 1.26 bits per heavy atom. The van der Waals surface area contributed by atoms with Gasteiger partial charge in [-0.05, 0) is 35.7 Å². The lowest BCUT2D eigenvalue weighted by Gasteiger charge is -2.13. The highest BCUT2D eigenvalue weighted by atomic mass is 32.1. The third-order valence-electron chi connectivity index (χ3n) is 3.18. The van der Waals surface area contributed by atoms with Crippen LogP contribution in [0.2, 0.25) is 0 Å². The van der Waals surface area contributed by atoms with E-state index in [9.17, 15) is 0 Å². The highest BCUT2D eigenvalue weighted by molar-refractivity contribution is 7.17. The molecule has 2 aromatic heterocycles. The van der Waals surface area contributed by atoms with Crippen molar-refractivity contribution < 1.29 is 0 Å². The Labute approximate surface area is 120 Å². The molecule has 0 fully saturated rings. The van der Waals surface area contributed by atoms with Crippen LogP contribution in [0.15, 0.2) is 35.0 Å². The molecule has 1 aromatic carbocycles. The zero-order chi connectivity index (χ0) is 13.2. The van der Waals surface area contributed by atoms with Gasteiger partial charge in [0.2, 0.25) is 0 Å². The second kappa shape index (κ2) is 5.38. The third kappa shape index (κ3) is 2.55. The zero-order valence-electron chi connectivity index (χ0n) is 10.6. The number of rotatable bonds is 4. The lowest BCUT2D eigenvalue weighted by atomic mass is 10.0. The number of hydrazine groups is 1. The first kappa shape index (κ1) is 12.7. The number of nitrogens with one attached hydrogen (secondary N) is 1. The van der Waals surface area contributed by atoms with E-state index in [0.717, 1.165) is 17.1 Å². The van der Waals surface area contributed by atoms with Gasteiger partial charge in [0.15, 0.2) is 0 Å². The quantitative estimate of drug-likeness (QED) is 0.571. The Morgan fingerprint density at radius 3 is 2.84 bits per heavy atom. The molecule has 1 unspecified atom stereocenters. The number of hydrogen-bond donors (Lipinski definition) is 2. The van der Waals surface area contributed by atoms with Crippen molar-refractivity contribution in [2.45, 2.75) is 19.4 Å². The lowest BCUT2D eigenvalue weighted by Crippen LogP contribution is -2.29. The molecule has 0 radical (unpaired) electrons. The van der Waals surface area contributed by atoms with Crippen LogP contribution in [0.3, 0.4) is 0 Å². The van der Waals surface area contributed by atoms with E-state index in [0.29, 0.717) is 0 Å². The van der Waals surface area contributed by atoms with Gasteiger partial charge in [-0.15, -0.1) is 22.7 Å². The van der Waals surface area contributed by atoms with Crippen LogP contribution in [-0.4, -0.2) is 4.98 Å². The van der Waals surface area contributed by atoms with Crippen molar-refractivity contribution >= 4 is 32.8 Å². The second-order valence-corrected chi connectivity index (χ2v) is 6.45. The fraction of sp³-hybridized carbons (Fsp3) is 0.214. The summed E-state index contributed by atoms with van der Waals surface area (Å²) in [6.45, 7) is 2.02. The maximum atomic E-state index is 5.69. The number of aryl methyl sites for hydroxylation is 1. The smallest absolute Gasteiger partial charge is 0.0898 e. The predicted molar refractivity (Wildman–Crippen MR) is 82.4 cm³/mol. The summed E-state index contributed by atoms with van der Waals surface area (Å²) in [4.78, 5) is 4.52. The van der Waals surface area contributed by atoms with Crippen LogP contribution in [0.25, 0.3) is 10.1 Å². The topological polar surface area (TPSA) is 50.9 Å². The van der Waals surface area contributed by atoms with Gasteiger partial charge in [-0.1, -0.05) is 18.2 Å². The molecule has 3 N–H and O–H groups in total. The lowest BCUT2D eigenvalue weighted by molar-refractivity contribution is 0.542. The summed E-state index contributed by atoms with van der Waals surface area (Å²) >= 11 is 3.44. The van der Waals surface area contributed by atoms with Crippen LogP contribution in [0.1, 0.15) is 22.3 Å². The molecule has 5 heteroatoms. The van der Waals surface area contributed by atoms with E-state index in [-0.39, 0.29) is 6.04 Å². The first-order valence-corrected chi connectivity index (χ1v) is 7.87. The summed E-state index contributed by atoms with van der Waals surface area (Å²) in [5.74, 6) is 5.69. The molecule has 3 nitrogen and oxygen atoms in total. The van der Waals surface area contributed by atoms with Crippen molar-refractivity contribution in [3.8, 4) is 0 Å². The zero-order valence-corrected chi connectivity index (χ0v) is 12.2. The molecule has 0 spiro atoms. The maximum absolute atomic E-state index is 5.69. The minimum atomic E-state index is 0.0722. The van der Waals surface area contributed by atoms with Gasteiger partial charge < -0.3 is 0 Å². The standard InChI is InChI=1S/C14H15N3S2/c1-9-16-13(8-18-9)12(17-15)6-10-7-19-14-5-3-2-4-11(10)14/h2-5,7-8,12,17H,6,15H2,1H3. The molecular formula is C14H15N3S2. The Hall–Kier alpha value is -1.27. The molecule has 19 heavy (non-hydrogen) atoms. The molecule has 0 aliphatic rings. The van der Waals surface area contributed by atoms with Crippen molar-refractivity contribution in [3.63, 3.8) is 0 Å². The highest BCUT2D eigenvalue weighted by Crippen LogP contribution is 2.29. The number of aromatic nitrogens is 1. The number of thiazole rings is 1. The average Bonchev–Trinajstić information content (AvgIpc) is 3.03. The largest absolute Gasteiger partial charge is 0.271 e. The number of nitrogens with two attached hydrogens (primary N) is 1. The fourth-order valence-electron chi connectivity index (χ4n) is 2.20. The van der Waals surface area contributed by atoms with Crippen LogP contribution in [0.4, 0.5) is 0 Å². The molecule has 2 heterocycles. The molecule has 0 aliphatic carbocycles. The summed E-state index contributed by atoms with van der Waals surface area (Å²) in [6.07, 6.45) is 0.865. The van der Waals surface area contributed by atoms with Gasteiger partial charge in [0.05, 0.1) is 16.7 Å². The van der Waals surface area contributed by atoms with Gasteiger partial charge in [-0.3, -0.25) is 11.3 Å². The molecule has 3 rings (SSSR count). The van der Waals surface area contributed by atoms with Crippen LogP contribution in [0.5, 0.6) is 0 Å². The van der Waals surface area contributed by atoms with Gasteiger partial charge in [0, 0.05) is 10.1 Å². The number of fused-ring (bicyclic) bond motifs is 1. The molecule has 0 saturated carbocycles. The van der Waals surface area contributed by atoms with Crippen molar-refractivity contribution in [1.82, 2.24) is 10.4 Å². The van der Waals surface area contributed by atoms with E-state index in [4.69, 9.17) is 5.84 Å². The molecule has 3 aromatic rings. The first-order valence-electron chi connectivity index (χ1n) is 6.11. The van der Waals surface area contributed by atoms with Crippen molar-refractivity contribution in [2.75, 3.05) is 0 Å². The Bertz CT molecular complexity index is 687. The molecule has 98 valence electrons. The van der Waals surface area contributed by atoms with Gasteiger partial charge >= 0.3 is 0 Å². The van der Waals surface area contributed by atoms with Crippen molar-refractivity contribution in [3.05, 3.63) is 51.3 Å². The van der Waals surface area contributed by atoms with Crippen LogP contribution in [0, 0.1) is 6.92 Å². The normalized spacial score (nSPS) is 12.9. The van der Waals surface area contributed by atoms with E-state index in [1.807, 2.05) is 6.92 Å². The summed E-state index contributed by atoms with van der Waals surface area (Å²) in [7, 11) is 0. The van der Waals surface area contributed by atoms with Gasteiger partial charge in [0.25, 0.3) is 0 Å². The summed E-state index contributed by atoms with van der Waals surface area (Å²) in [5, 5.41) is 6.69. The average molecular weight is 289 g/mol. The van der Waals surface area contributed by atoms with E-state index < -0.39 is 0 Å². The molecule has 0 bridgehead atoms. The first-order chi connectivity index (χ1) is 9.28. The van der Waals surface area contributed by atoms with E-state index in [2.05, 4.69) is 45.4 Å². The highest BCUT2D eigenvalue weighted by Gasteiger charge is 2.15. The maximum Gasteiger partial charge on any atom is 0.0898 e. The summed E-state index contributed by atoms with van der Waals surface area (Å²) in [5.41, 5.74) is 5.24. The minimum Gasteiger partial charge on any atom is -0.271 e. The SMILES string of the molecule is Cc1nc(C(Cc2csc3ccccc23)NN)cs1. The van der Waals surface area contributed by atoms with Gasteiger partial charge in [0.1, 0.15) is 0 Å². The summed E-state index contributed by atoms with van der Waals surface area (Å²) < 4.78 is 1.32. The van der Waals surface area contributed by atoms with E-state index in [1.165, 1.54) is 15.6 Å². The summed E-state index contributed by atoms with van der Waals surface area (Å²) in [6, 6.07) is 8.55. The van der Waals surface area contributed by atoms with Gasteiger partial charge in [-0.25, -0.2) is 4.98 Å². The van der Waals surface area contributed by atoms with E-state index in [1.54, 1.807) is 22.7 Å². The van der Waals surface area contributed by atoms with E-state index >= 15 is 0 Å². The van der Waals surface area contributed by atoms with Gasteiger partial charge in [-0.2, -0.15) is 0 Å². The van der Waals surface area contributed by atoms with Crippen LogP contribution < -0.4 is 11.3 Å². The fourth-order valence-corrected chi connectivity index (χ4v) is 3.84. The Morgan fingerprint density at radius 2 is 2.11 bits per heavy atom. The number of nitrogens with zero attached hydrogens (tertiary/aromatic N) is 1. The van der Waals surface area contributed by atoms with Crippen molar-refractivity contribution in [2.24, 2.45) is 5.84 Å². The molecule has 0 amide bonds. The number of hydrogen-bond acceptors (Lipinski definition) is 5. The molecular weight excluding hydrogens is 274 g/mol. The molecule has 0 saturated heterocycles. The van der Waals surface area contributed by atoms with Crippen LogP contribution in [-0.2, 0) is 6.42 Å². The molecule has 0 aliphatic heterocycles. The Kier molecular flexibility index (Phi) is 3.61. The Balaban J connectivity index is 1.90. The number of thiophene rings is 1. The predicted octanol–water partition coefficient (Wildman–Crippen LogP) is 3.41. The minimum absolute atomic E-state index is 0.0722. The monoisotopic (exact) mass is 289 g/mol. The van der Waals surface area contributed by atoms with Crippen LogP contribution >= 0.6 is 22.7 Å². The van der Waals surface area contributed by atoms with Crippen molar-refractivity contribution in [1.29, 1.82) is 0 Å². The molecule has 1 atom stereocenters. The third-order valence-corrected chi connectivity index (χ3v) is 4.98.